The minimum atomic E-state index is -1.07. The Labute approximate surface area is 232 Å². The number of phenols is 1. The molecule has 0 fully saturated rings. The molecule has 212 valence electrons. The number of anilines is 1. The van der Waals surface area contributed by atoms with E-state index in [2.05, 4.69) is 17.2 Å². The fourth-order valence-electron chi connectivity index (χ4n) is 4.28. The summed E-state index contributed by atoms with van der Waals surface area (Å²) in [5, 5.41) is 15.9. The molecule has 0 aliphatic heterocycles. The van der Waals surface area contributed by atoms with Crippen molar-refractivity contribution in [3.63, 3.8) is 0 Å². The van der Waals surface area contributed by atoms with Crippen LogP contribution in [0, 0.1) is 26.7 Å². The first-order valence-corrected chi connectivity index (χ1v) is 13.3. The third-order valence-corrected chi connectivity index (χ3v) is 6.59. The van der Waals surface area contributed by atoms with Crippen molar-refractivity contribution in [1.29, 1.82) is 0 Å². The lowest BCUT2D eigenvalue weighted by atomic mass is 9.95. The Kier molecular flexibility index (Phi) is 10.7. The topological polar surface area (TPSA) is 108 Å². The van der Waals surface area contributed by atoms with Crippen LogP contribution in [0.5, 0.6) is 5.75 Å². The van der Waals surface area contributed by atoms with E-state index in [4.69, 9.17) is 4.74 Å². The number of hydrogen-bond acceptors (Lipinski definition) is 5. The Balaban J connectivity index is 2.61. The van der Waals surface area contributed by atoms with Gasteiger partial charge >= 0.3 is 6.09 Å². The molecule has 0 bridgehead atoms. The van der Waals surface area contributed by atoms with E-state index >= 15 is 0 Å². The van der Waals surface area contributed by atoms with Crippen molar-refractivity contribution in [2.75, 3.05) is 11.9 Å². The van der Waals surface area contributed by atoms with Crippen LogP contribution in [0.4, 0.5) is 10.5 Å². The van der Waals surface area contributed by atoms with E-state index in [-0.39, 0.29) is 18.2 Å². The van der Waals surface area contributed by atoms with Crippen molar-refractivity contribution in [3.05, 3.63) is 71.3 Å². The number of hydrogen-bond donors (Lipinski definition) is 3. The number of carbonyl (C=O) groups excluding carboxylic acids is 3. The Morgan fingerprint density at radius 1 is 1.08 bits per heavy atom. The van der Waals surface area contributed by atoms with Crippen LogP contribution in [0.25, 0.3) is 0 Å². The molecule has 0 spiro atoms. The molecule has 2 aromatic carbocycles. The second kappa shape index (κ2) is 13.3. The smallest absolute Gasteiger partial charge is 0.408 e. The van der Waals surface area contributed by atoms with E-state index in [1.807, 2.05) is 45.9 Å². The Bertz CT molecular complexity index is 1180. The lowest BCUT2D eigenvalue weighted by Crippen LogP contribution is -2.54. The number of aryl methyl sites for hydroxylation is 3. The van der Waals surface area contributed by atoms with Gasteiger partial charge in [-0.25, -0.2) is 4.79 Å². The Morgan fingerprint density at radius 2 is 1.69 bits per heavy atom. The number of amides is 3. The second-order valence-corrected chi connectivity index (χ2v) is 11.0. The van der Waals surface area contributed by atoms with Gasteiger partial charge in [-0.1, -0.05) is 50.6 Å². The van der Waals surface area contributed by atoms with Crippen LogP contribution in [-0.4, -0.2) is 46.1 Å². The first kappa shape index (κ1) is 31.4. The van der Waals surface area contributed by atoms with Gasteiger partial charge in [0, 0.05) is 12.2 Å². The van der Waals surface area contributed by atoms with Crippen LogP contribution < -0.4 is 10.6 Å². The average molecular weight is 538 g/mol. The molecule has 3 unspecified atom stereocenters. The summed E-state index contributed by atoms with van der Waals surface area (Å²) in [6, 6.07) is 8.52. The summed E-state index contributed by atoms with van der Waals surface area (Å²) in [5.74, 6) is -1.03. The Morgan fingerprint density at radius 3 is 2.21 bits per heavy atom. The van der Waals surface area contributed by atoms with E-state index in [0.29, 0.717) is 23.2 Å². The number of phenolic OH excluding ortho intramolecular Hbond substituents is 1. The van der Waals surface area contributed by atoms with Gasteiger partial charge < -0.3 is 25.4 Å². The van der Waals surface area contributed by atoms with Gasteiger partial charge in [-0.2, -0.15) is 0 Å². The lowest BCUT2D eigenvalue weighted by molar-refractivity contribution is -0.141. The number of carbonyl (C=O) groups is 3. The maximum Gasteiger partial charge on any atom is 0.408 e. The van der Waals surface area contributed by atoms with Gasteiger partial charge in [0.15, 0.2) is 0 Å². The highest BCUT2D eigenvalue weighted by Crippen LogP contribution is 2.30. The molecule has 3 atom stereocenters. The molecular weight excluding hydrogens is 494 g/mol. The third-order valence-electron chi connectivity index (χ3n) is 6.59. The number of alkyl carbamates (subject to hydrolysis) is 1. The molecule has 0 aromatic heterocycles. The maximum atomic E-state index is 14.2. The highest BCUT2D eigenvalue weighted by Gasteiger charge is 2.38. The van der Waals surface area contributed by atoms with E-state index in [1.165, 1.54) is 11.0 Å². The second-order valence-electron chi connectivity index (χ2n) is 11.0. The number of ether oxygens (including phenoxy) is 1. The van der Waals surface area contributed by atoms with Crippen LogP contribution in [0.3, 0.4) is 0 Å². The van der Waals surface area contributed by atoms with E-state index in [1.54, 1.807) is 45.9 Å². The minimum Gasteiger partial charge on any atom is -0.508 e. The molecule has 0 heterocycles. The summed E-state index contributed by atoms with van der Waals surface area (Å²) in [6.45, 7) is 18.4. The number of rotatable bonds is 10. The Hall–Kier alpha value is -3.81. The summed E-state index contributed by atoms with van der Waals surface area (Å²) in [7, 11) is 0. The van der Waals surface area contributed by atoms with Crippen LogP contribution in [0.1, 0.15) is 69.3 Å². The molecule has 0 radical (unpaired) electrons. The summed E-state index contributed by atoms with van der Waals surface area (Å²) in [5.41, 5.74) is 2.77. The van der Waals surface area contributed by atoms with Crippen molar-refractivity contribution < 1.29 is 24.2 Å². The van der Waals surface area contributed by atoms with Crippen molar-refractivity contribution in [2.45, 2.75) is 79.5 Å². The first-order valence-electron chi connectivity index (χ1n) is 13.3. The summed E-state index contributed by atoms with van der Waals surface area (Å²) in [6.07, 6.45) is 1.44. The molecule has 0 aliphatic rings. The normalized spacial score (nSPS) is 13.5. The number of nitrogens with zero attached hydrogens (tertiary/aromatic N) is 1. The quantitative estimate of drug-likeness (QED) is 0.325. The van der Waals surface area contributed by atoms with Gasteiger partial charge in [-0.15, -0.1) is 6.58 Å². The standard InChI is InChI=1S/C31H43N3O5/c1-10-17-34(29(37)26(19(3)11-2)33-30(38)39-31(7,8)9)27(23-15-16-24(35)22(6)18-23)28(36)32-25-20(4)13-12-14-21(25)5/h10,12-16,18-19,26-27,35H,1,11,17H2,2-9H3,(H,32,36)(H,33,38). The maximum absolute atomic E-state index is 14.2. The summed E-state index contributed by atoms with van der Waals surface area (Å²) in [4.78, 5) is 42.3. The number of aromatic hydroxyl groups is 1. The van der Waals surface area contributed by atoms with Crippen LogP contribution in [0.15, 0.2) is 49.1 Å². The molecule has 0 aliphatic carbocycles. The summed E-state index contributed by atoms with van der Waals surface area (Å²) < 4.78 is 5.43. The molecule has 39 heavy (non-hydrogen) atoms. The monoisotopic (exact) mass is 537 g/mol. The zero-order valence-electron chi connectivity index (χ0n) is 24.4. The molecule has 2 rings (SSSR count). The predicted octanol–water partition coefficient (Wildman–Crippen LogP) is 5.95. The molecule has 2 aromatic rings. The van der Waals surface area contributed by atoms with Crippen molar-refractivity contribution in [1.82, 2.24) is 10.2 Å². The zero-order valence-corrected chi connectivity index (χ0v) is 24.4. The number of para-hydroxylation sites is 1. The lowest BCUT2D eigenvalue weighted by Gasteiger charge is -2.35. The van der Waals surface area contributed by atoms with Crippen molar-refractivity contribution >= 4 is 23.6 Å². The highest BCUT2D eigenvalue weighted by molar-refractivity contribution is 6.00. The van der Waals surface area contributed by atoms with Gasteiger partial charge in [0.05, 0.1) is 0 Å². The van der Waals surface area contributed by atoms with Crippen LogP contribution in [-0.2, 0) is 14.3 Å². The van der Waals surface area contributed by atoms with Gasteiger partial charge in [-0.3, -0.25) is 9.59 Å². The number of benzene rings is 2. The van der Waals surface area contributed by atoms with Crippen LogP contribution in [0.2, 0.25) is 0 Å². The first-order chi connectivity index (χ1) is 18.2. The zero-order chi connectivity index (χ0) is 29.5. The van der Waals surface area contributed by atoms with Gasteiger partial charge in [0.2, 0.25) is 5.91 Å². The summed E-state index contributed by atoms with van der Waals surface area (Å²) >= 11 is 0. The van der Waals surface area contributed by atoms with Gasteiger partial charge in [0.1, 0.15) is 23.4 Å². The molecule has 8 heteroatoms. The average Bonchev–Trinajstić information content (AvgIpc) is 2.84. The predicted molar refractivity (Wildman–Crippen MR) is 155 cm³/mol. The van der Waals surface area contributed by atoms with Crippen molar-refractivity contribution in [2.24, 2.45) is 5.92 Å². The van der Waals surface area contributed by atoms with Crippen LogP contribution >= 0.6 is 0 Å². The third kappa shape index (κ3) is 8.34. The van der Waals surface area contributed by atoms with E-state index < -0.39 is 35.6 Å². The van der Waals surface area contributed by atoms with Gasteiger partial charge in [0.25, 0.3) is 5.91 Å². The largest absolute Gasteiger partial charge is 0.508 e. The SMILES string of the molecule is C=CCN(C(=O)C(NC(=O)OC(C)(C)C)C(C)CC)C(C(=O)Nc1c(C)cccc1C)c1ccc(O)c(C)c1. The van der Waals surface area contributed by atoms with Crippen molar-refractivity contribution in [3.8, 4) is 5.75 Å². The molecule has 0 saturated heterocycles. The highest BCUT2D eigenvalue weighted by atomic mass is 16.6. The number of nitrogens with one attached hydrogen (secondary N) is 2. The molecule has 0 saturated carbocycles. The molecular formula is C31H43N3O5. The van der Waals surface area contributed by atoms with Gasteiger partial charge in [-0.05, 0) is 81.8 Å². The minimum absolute atomic E-state index is 0.0481. The van der Waals surface area contributed by atoms with E-state index in [9.17, 15) is 19.5 Å². The van der Waals surface area contributed by atoms with E-state index in [0.717, 1.165) is 11.1 Å². The molecule has 8 nitrogen and oxygen atoms in total. The fraction of sp³-hybridized carbons (Fsp3) is 0.452. The fourth-order valence-corrected chi connectivity index (χ4v) is 4.28. The molecule has 3 amide bonds. The molecule has 3 N–H and O–H groups in total.